The largest absolute Gasteiger partial charge is 0.361 e. The molecule has 3 rings (SSSR count). The molecule has 0 bridgehead atoms. The summed E-state index contributed by atoms with van der Waals surface area (Å²) in [4.78, 5) is 4.37. The van der Waals surface area contributed by atoms with Crippen LogP contribution in [0.3, 0.4) is 0 Å². The number of benzene rings is 1. The Morgan fingerprint density at radius 1 is 0.962 bits per heavy atom. The van der Waals surface area contributed by atoms with Crippen molar-refractivity contribution in [1.82, 2.24) is 14.5 Å². The van der Waals surface area contributed by atoms with Crippen LogP contribution in [-0.4, -0.2) is 63.2 Å². The fourth-order valence-electron chi connectivity index (χ4n) is 3.01. The smallest absolute Gasteiger partial charge is 0.243 e. The molecule has 0 atom stereocenters. The van der Waals surface area contributed by atoms with Crippen LogP contribution in [0.25, 0.3) is 0 Å². The number of hydrogen-bond donors (Lipinski definition) is 0. The van der Waals surface area contributed by atoms with Crippen LogP contribution in [0.5, 0.6) is 0 Å². The Morgan fingerprint density at radius 2 is 1.65 bits per heavy atom. The second-order valence-corrected chi connectivity index (χ2v) is 8.71. The summed E-state index contributed by atoms with van der Waals surface area (Å²) in [7, 11) is 0.360. The number of aryl methyl sites for hydroxylation is 2. The van der Waals surface area contributed by atoms with Crippen LogP contribution in [0.4, 0.5) is 11.6 Å². The van der Waals surface area contributed by atoms with Gasteiger partial charge in [-0.3, -0.25) is 0 Å². The predicted octanol–water partition coefficient (Wildman–Crippen LogP) is 1.67. The Bertz CT molecular complexity index is 873. The molecule has 0 amide bonds. The average molecular weight is 375 g/mol. The summed E-state index contributed by atoms with van der Waals surface area (Å²) in [6, 6.07) is 9.39. The normalized spacial score (nSPS) is 15.9. The molecule has 0 aliphatic carbocycles. The van der Waals surface area contributed by atoms with E-state index in [4.69, 9.17) is 0 Å². The molecule has 1 aromatic heterocycles. The standard InChI is InChI=1S/C18H25N5O2S/c1-14-5-6-15(2)16(13-14)26(24,25)23-11-9-22(10-12-23)18-8-7-17(19-20-18)21(3)4/h5-8,13H,9-12H2,1-4H3. The molecule has 8 heteroatoms. The molecular weight excluding hydrogens is 350 g/mol. The van der Waals surface area contributed by atoms with Gasteiger partial charge in [-0.1, -0.05) is 12.1 Å². The molecule has 1 fully saturated rings. The molecule has 0 spiro atoms. The number of rotatable bonds is 4. The van der Waals surface area contributed by atoms with E-state index in [1.165, 1.54) is 0 Å². The fourth-order valence-corrected chi connectivity index (χ4v) is 4.74. The Labute approximate surface area is 155 Å². The van der Waals surface area contributed by atoms with Crippen LogP contribution in [-0.2, 0) is 10.0 Å². The first-order valence-electron chi connectivity index (χ1n) is 8.62. The maximum atomic E-state index is 13.0. The van der Waals surface area contributed by atoms with Crippen molar-refractivity contribution < 1.29 is 8.42 Å². The SMILES string of the molecule is Cc1ccc(C)c(S(=O)(=O)N2CCN(c3ccc(N(C)C)nn3)CC2)c1. The molecule has 2 heterocycles. The zero-order valence-electron chi connectivity index (χ0n) is 15.7. The molecule has 1 aromatic carbocycles. The van der Waals surface area contributed by atoms with Gasteiger partial charge in [0.05, 0.1) is 4.90 Å². The predicted molar refractivity (Wildman–Crippen MR) is 103 cm³/mol. The first-order chi connectivity index (χ1) is 12.3. The van der Waals surface area contributed by atoms with Crippen LogP contribution in [0.1, 0.15) is 11.1 Å². The maximum Gasteiger partial charge on any atom is 0.243 e. The van der Waals surface area contributed by atoms with Gasteiger partial charge in [-0.15, -0.1) is 10.2 Å². The average Bonchev–Trinajstić information content (AvgIpc) is 2.64. The number of anilines is 2. The van der Waals surface area contributed by atoms with Gasteiger partial charge < -0.3 is 9.80 Å². The van der Waals surface area contributed by atoms with Gasteiger partial charge in [-0.25, -0.2) is 8.42 Å². The Balaban J connectivity index is 1.72. The first kappa shape index (κ1) is 18.6. The van der Waals surface area contributed by atoms with E-state index in [2.05, 4.69) is 15.1 Å². The van der Waals surface area contributed by atoms with Crippen molar-refractivity contribution in [2.45, 2.75) is 18.7 Å². The molecule has 0 radical (unpaired) electrons. The van der Waals surface area contributed by atoms with Crippen LogP contribution in [0, 0.1) is 13.8 Å². The summed E-state index contributed by atoms with van der Waals surface area (Å²) < 4.78 is 27.6. The molecule has 0 N–H and O–H groups in total. The molecule has 7 nitrogen and oxygen atoms in total. The van der Waals surface area contributed by atoms with E-state index in [-0.39, 0.29) is 0 Å². The summed E-state index contributed by atoms with van der Waals surface area (Å²) >= 11 is 0. The van der Waals surface area contributed by atoms with E-state index in [9.17, 15) is 8.42 Å². The third-order valence-electron chi connectivity index (χ3n) is 4.62. The molecule has 140 valence electrons. The van der Waals surface area contributed by atoms with Gasteiger partial charge in [0.1, 0.15) is 0 Å². The molecule has 0 saturated carbocycles. The van der Waals surface area contributed by atoms with E-state index in [0.29, 0.717) is 31.1 Å². The van der Waals surface area contributed by atoms with Gasteiger partial charge in [0, 0.05) is 40.3 Å². The second-order valence-electron chi connectivity index (χ2n) is 6.80. The summed E-state index contributed by atoms with van der Waals surface area (Å²) in [5.41, 5.74) is 1.73. The number of aromatic nitrogens is 2. The van der Waals surface area contributed by atoms with Gasteiger partial charge in [0.25, 0.3) is 0 Å². The Hall–Kier alpha value is -2.19. The highest BCUT2D eigenvalue weighted by Gasteiger charge is 2.30. The van der Waals surface area contributed by atoms with E-state index < -0.39 is 10.0 Å². The third-order valence-corrected chi connectivity index (χ3v) is 6.66. The van der Waals surface area contributed by atoms with Crippen LogP contribution in [0.2, 0.25) is 0 Å². The minimum Gasteiger partial charge on any atom is -0.361 e. The summed E-state index contributed by atoms with van der Waals surface area (Å²) in [5, 5.41) is 8.45. The maximum absolute atomic E-state index is 13.0. The molecule has 1 aliphatic rings. The van der Waals surface area contributed by atoms with Gasteiger partial charge in [0.15, 0.2) is 11.6 Å². The van der Waals surface area contributed by atoms with Crippen LogP contribution < -0.4 is 9.80 Å². The number of piperazine rings is 1. The van der Waals surface area contributed by atoms with Crippen molar-refractivity contribution in [3.05, 3.63) is 41.5 Å². The highest BCUT2D eigenvalue weighted by molar-refractivity contribution is 7.89. The highest BCUT2D eigenvalue weighted by atomic mass is 32.2. The van der Waals surface area contributed by atoms with Gasteiger partial charge >= 0.3 is 0 Å². The molecule has 26 heavy (non-hydrogen) atoms. The van der Waals surface area contributed by atoms with E-state index >= 15 is 0 Å². The topological polar surface area (TPSA) is 69.6 Å². The Kier molecular flexibility index (Phi) is 5.15. The van der Waals surface area contributed by atoms with Crippen LogP contribution in [0.15, 0.2) is 35.2 Å². The lowest BCUT2D eigenvalue weighted by Crippen LogP contribution is -2.49. The monoisotopic (exact) mass is 375 g/mol. The van der Waals surface area contributed by atoms with E-state index in [1.807, 2.05) is 57.1 Å². The lowest BCUT2D eigenvalue weighted by molar-refractivity contribution is 0.383. The van der Waals surface area contributed by atoms with Crippen molar-refractivity contribution in [2.24, 2.45) is 0 Å². The van der Waals surface area contributed by atoms with Gasteiger partial charge in [0.2, 0.25) is 10.0 Å². The number of sulfonamides is 1. The summed E-state index contributed by atoms with van der Waals surface area (Å²) in [6.07, 6.45) is 0. The lowest BCUT2D eigenvalue weighted by atomic mass is 10.2. The first-order valence-corrected chi connectivity index (χ1v) is 10.1. The molecule has 2 aromatic rings. The Morgan fingerprint density at radius 3 is 2.23 bits per heavy atom. The number of hydrogen-bond acceptors (Lipinski definition) is 6. The molecule has 1 aliphatic heterocycles. The second kappa shape index (κ2) is 7.20. The lowest BCUT2D eigenvalue weighted by Gasteiger charge is -2.34. The highest BCUT2D eigenvalue weighted by Crippen LogP contribution is 2.23. The van der Waals surface area contributed by atoms with Gasteiger partial charge in [-0.05, 0) is 43.2 Å². The van der Waals surface area contributed by atoms with Crippen molar-refractivity contribution >= 4 is 21.7 Å². The summed E-state index contributed by atoms with van der Waals surface area (Å²) in [6.45, 7) is 5.82. The van der Waals surface area contributed by atoms with Crippen molar-refractivity contribution in [3.8, 4) is 0 Å². The van der Waals surface area contributed by atoms with Crippen molar-refractivity contribution in [3.63, 3.8) is 0 Å². The minimum atomic E-state index is -3.47. The molecule has 0 unspecified atom stereocenters. The zero-order chi connectivity index (χ0) is 18.9. The quantitative estimate of drug-likeness (QED) is 0.810. The molecular formula is C18H25N5O2S. The third kappa shape index (κ3) is 3.66. The minimum absolute atomic E-state index is 0.404. The van der Waals surface area contributed by atoms with Crippen molar-refractivity contribution in [1.29, 1.82) is 0 Å². The van der Waals surface area contributed by atoms with Crippen LogP contribution >= 0.6 is 0 Å². The zero-order valence-corrected chi connectivity index (χ0v) is 16.5. The summed E-state index contributed by atoms with van der Waals surface area (Å²) in [5.74, 6) is 1.57. The number of nitrogens with zero attached hydrogens (tertiary/aromatic N) is 5. The van der Waals surface area contributed by atoms with Gasteiger partial charge in [-0.2, -0.15) is 4.31 Å². The molecule has 1 saturated heterocycles. The van der Waals surface area contributed by atoms with E-state index in [0.717, 1.165) is 22.8 Å². The van der Waals surface area contributed by atoms with E-state index in [1.54, 1.807) is 10.4 Å². The van der Waals surface area contributed by atoms with Crippen molar-refractivity contribution in [2.75, 3.05) is 50.1 Å². The fraction of sp³-hybridized carbons (Fsp3) is 0.444.